The molecule has 0 saturated heterocycles. The Balaban J connectivity index is 1.77. The molecule has 0 amide bonds. The van der Waals surface area contributed by atoms with E-state index in [2.05, 4.69) is 46.5 Å². The molecule has 1 fully saturated rings. The lowest BCUT2D eigenvalue weighted by Gasteiger charge is -2.17. The minimum atomic E-state index is 0.725. The van der Waals surface area contributed by atoms with Crippen molar-refractivity contribution >= 4 is 5.82 Å². The van der Waals surface area contributed by atoms with Gasteiger partial charge in [-0.25, -0.2) is 0 Å². The molecule has 0 unspecified atom stereocenters. The number of nitrogens with zero attached hydrogens (tertiary/aromatic N) is 3. The molecule has 1 aromatic heterocycles. The van der Waals surface area contributed by atoms with Crippen LogP contribution in [-0.2, 0) is 6.54 Å². The molecule has 0 aromatic carbocycles. The first kappa shape index (κ1) is 13.3. The van der Waals surface area contributed by atoms with Crippen LogP contribution >= 0.6 is 0 Å². The Labute approximate surface area is 110 Å². The number of nitrogens with one attached hydrogen (secondary N) is 1. The molecule has 0 aliphatic heterocycles. The molecule has 1 aliphatic carbocycles. The molecule has 1 saturated carbocycles. The normalized spacial score (nSPS) is 14.8. The minimum absolute atomic E-state index is 0.725. The molecule has 0 radical (unpaired) electrons. The van der Waals surface area contributed by atoms with Crippen LogP contribution in [0.3, 0.4) is 0 Å². The fraction of sp³-hybridized carbons (Fsp3) is 0.714. The first-order valence-corrected chi connectivity index (χ1v) is 7.06. The van der Waals surface area contributed by atoms with Gasteiger partial charge in [0.05, 0.1) is 5.69 Å². The van der Waals surface area contributed by atoms with Gasteiger partial charge in [-0.05, 0) is 31.4 Å². The molecule has 4 heteroatoms. The summed E-state index contributed by atoms with van der Waals surface area (Å²) in [7, 11) is 2.09. The highest BCUT2D eigenvalue weighted by Gasteiger charge is 2.20. The molecule has 18 heavy (non-hydrogen) atoms. The molecular weight excluding hydrogens is 224 g/mol. The van der Waals surface area contributed by atoms with Gasteiger partial charge in [-0.2, -0.15) is 5.10 Å². The van der Waals surface area contributed by atoms with Crippen molar-refractivity contribution in [3.63, 3.8) is 0 Å². The summed E-state index contributed by atoms with van der Waals surface area (Å²) in [5, 5.41) is 12.0. The Morgan fingerprint density at radius 2 is 2.11 bits per heavy atom. The second-order valence-electron chi connectivity index (χ2n) is 5.17. The molecule has 100 valence electrons. The molecule has 0 bridgehead atoms. The van der Waals surface area contributed by atoms with Gasteiger partial charge in [0.25, 0.3) is 0 Å². The zero-order valence-corrected chi connectivity index (χ0v) is 11.5. The van der Waals surface area contributed by atoms with E-state index < -0.39 is 0 Å². The Hall–Kier alpha value is -1.16. The van der Waals surface area contributed by atoms with Gasteiger partial charge in [0, 0.05) is 26.2 Å². The Morgan fingerprint density at radius 1 is 1.28 bits per heavy atom. The third-order valence-electron chi connectivity index (χ3n) is 3.34. The second-order valence-corrected chi connectivity index (χ2v) is 5.17. The van der Waals surface area contributed by atoms with Crippen molar-refractivity contribution in [2.45, 2.75) is 51.6 Å². The Bertz CT molecular complexity index is 345. The van der Waals surface area contributed by atoms with Crippen molar-refractivity contribution in [3.8, 4) is 0 Å². The lowest BCUT2D eigenvalue weighted by molar-refractivity contribution is 0.661. The lowest BCUT2D eigenvalue weighted by atomic mass is 10.2. The van der Waals surface area contributed by atoms with Crippen LogP contribution in [0.15, 0.2) is 12.1 Å². The highest BCUT2D eigenvalue weighted by molar-refractivity contribution is 5.35. The average Bonchev–Trinajstić information content (AvgIpc) is 3.21. The largest absolute Gasteiger partial charge is 0.358 e. The average molecular weight is 248 g/mol. The number of unbranched alkanes of at least 4 members (excludes halogenated alkanes) is 2. The van der Waals surface area contributed by atoms with E-state index in [1.54, 1.807) is 0 Å². The zero-order valence-electron chi connectivity index (χ0n) is 11.5. The van der Waals surface area contributed by atoms with Crippen molar-refractivity contribution in [1.29, 1.82) is 0 Å². The molecule has 0 spiro atoms. The summed E-state index contributed by atoms with van der Waals surface area (Å²) in [6.07, 6.45) is 6.38. The van der Waals surface area contributed by atoms with Crippen LogP contribution in [-0.4, -0.2) is 29.8 Å². The van der Waals surface area contributed by atoms with Crippen molar-refractivity contribution in [2.24, 2.45) is 0 Å². The molecule has 1 aliphatic rings. The summed E-state index contributed by atoms with van der Waals surface area (Å²) in [6, 6.07) is 4.87. The van der Waals surface area contributed by atoms with E-state index in [4.69, 9.17) is 0 Å². The van der Waals surface area contributed by atoms with Gasteiger partial charge in [0.2, 0.25) is 0 Å². The maximum absolute atomic E-state index is 4.29. The molecule has 1 heterocycles. The molecule has 0 atom stereocenters. The summed E-state index contributed by atoms with van der Waals surface area (Å²) in [5.41, 5.74) is 1.03. The van der Waals surface area contributed by atoms with Crippen LogP contribution in [0.25, 0.3) is 0 Å². The summed E-state index contributed by atoms with van der Waals surface area (Å²) in [5.74, 6) is 0.973. The number of anilines is 1. The van der Waals surface area contributed by atoms with E-state index in [9.17, 15) is 0 Å². The quantitative estimate of drug-likeness (QED) is 0.717. The molecule has 2 rings (SSSR count). The van der Waals surface area contributed by atoms with Crippen LogP contribution in [0.1, 0.15) is 44.7 Å². The van der Waals surface area contributed by atoms with E-state index >= 15 is 0 Å². The molecule has 1 N–H and O–H groups in total. The van der Waals surface area contributed by atoms with Gasteiger partial charge in [-0.15, -0.1) is 5.10 Å². The predicted molar refractivity (Wildman–Crippen MR) is 74.7 cm³/mol. The summed E-state index contributed by atoms with van der Waals surface area (Å²) >= 11 is 0. The monoisotopic (exact) mass is 248 g/mol. The minimum Gasteiger partial charge on any atom is -0.358 e. The number of hydrogen-bond acceptors (Lipinski definition) is 4. The zero-order chi connectivity index (χ0) is 12.8. The fourth-order valence-corrected chi connectivity index (χ4v) is 1.90. The van der Waals surface area contributed by atoms with Crippen molar-refractivity contribution < 1.29 is 0 Å². The first-order chi connectivity index (χ1) is 8.79. The third-order valence-corrected chi connectivity index (χ3v) is 3.34. The van der Waals surface area contributed by atoms with Gasteiger partial charge in [-0.3, -0.25) is 0 Å². The fourth-order valence-electron chi connectivity index (χ4n) is 1.90. The van der Waals surface area contributed by atoms with Gasteiger partial charge in [0.1, 0.15) is 0 Å². The summed E-state index contributed by atoms with van der Waals surface area (Å²) < 4.78 is 0. The number of rotatable bonds is 8. The van der Waals surface area contributed by atoms with Crippen LogP contribution in [0, 0.1) is 0 Å². The number of hydrogen-bond donors (Lipinski definition) is 1. The Morgan fingerprint density at radius 3 is 2.72 bits per heavy atom. The second kappa shape index (κ2) is 6.69. The first-order valence-electron chi connectivity index (χ1n) is 7.06. The molecule has 1 aromatic rings. The van der Waals surface area contributed by atoms with Crippen molar-refractivity contribution in [3.05, 3.63) is 17.8 Å². The van der Waals surface area contributed by atoms with Crippen molar-refractivity contribution in [2.75, 3.05) is 18.5 Å². The van der Waals surface area contributed by atoms with E-state index in [0.29, 0.717) is 0 Å². The van der Waals surface area contributed by atoms with Gasteiger partial charge < -0.3 is 10.2 Å². The van der Waals surface area contributed by atoms with Crippen LogP contribution in [0.4, 0.5) is 5.82 Å². The van der Waals surface area contributed by atoms with E-state index in [-0.39, 0.29) is 0 Å². The van der Waals surface area contributed by atoms with E-state index in [1.165, 1.54) is 32.1 Å². The highest BCUT2D eigenvalue weighted by atomic mass is 15.2. The maximum Gasteiger partial charge on any atom is 0.150 e. The molecular formula is C14H24N4. The highest BCUT2D eigenvalue weighted by Crippen LogP contribution is 2.19. The van der Waals surface area contributed by atoms with Crippen LogP contribution < -0.4 is 10.2 Å². The van der Waals surface area contributed by atoms with Crippen molar-refractivity contribution in [1.82, 2.24) is 15.5 Å². The smallest absolute Gasteiger partial charge is 0.150 e. The van der Waals surface area contributed by atoms with E-state index in [1.807, 2.05) is 0 Å². The van der Waals surface area contributed by atoms with Gasteiger partial charge >= 0.3 is 0 Å². The van der Waals surface area contributed by atoms with E-state index in [0.717, 1.165) is 30.6 Å². The lowest BCUT2D eigenvalue weighted by Crippen LogP contribution is -2.21. The topological polar surface area (TPSA) is 41.0 Å². The molecule has 4 nitrogen and oxygen atoms in total. The predicted octanol–water partition coefficient (Wildman–Crippen LogP) is 2.36. The van der Waals surface area contributed by atoms with Gasteiger partial charge in [0.15, 0.2) is 5.82 Å². The van der Waals surface area contributed by atoms with Gasteiger partial charge in [-0.1, -0.05) is 19.8 Å². The summed E-state index contributed by atoms with van der Waals surface area (Å²) in [6.45, 7) is 4.13. The summed E-state index contributed by atoms with van der Waals surface area (Å²) in [4.78, 5) is 2.18. The Kier molecular flexibility index (Phi) is 4.93. The van der Waals surface area contributed by atoms with Crippen LogP contribution in [0.2, 0.25) is 0 Å². The SMILES string of the molecule is CCCCCN(C)c1ccc(CNC2CC2)nn1. The standard InChI is InChI=1S/C14H24N4/c1-3-4-5-10-18(2)14-9-8-13(16-17-14)11-15-12-6-7-12/h8-9,12,15H,3-7,10-11H2,1-2H3. The number of aromatic nitrogens is 2. The maximum atomic E-state index is 4.29. The third kappa shape index (κ3) is 4.26. The van der Waals surface area contributed by atoms with Crippen LogP contribution in [0.5, 0.6) is 0 Å².